The van der Waals surface area contributed by atoms with Crippen molar-refractivity contribution in [2.75, 3.05) is 13.1 Å². The maximum atomic E-state index is 12.9. The van der Waals surface area contributed by atoms with E-state index in [9.17, 15) is 9.18 Å². The Bertz CT molecular complexity index is 923. The molecule has 1 saturated heterocycles. The highest BCUT2D eigenvalue weighted by molar-refractivity contribution is 6.30. The lowest BCUT2D eigenvalue weighted by molar-refractivity contribution is 0.0703. The summed E-state index contributed by atoms with van der Waals surface area (Å²) in [6, 6.07) is 4.33. The number of carbonyl (C=O) groups is 1. The number of hydrogen-bond acceptors (Lipinski definition) is 5. The van der Waals surface area contributed by atoms with Crippen molar-refractivity contribution in [2.24, 2.45) is 0 Å². The van der Waals surface area contributed by atoms with Crippen LogP contribution in [-0.4, -0.2) is 44.0 Å². The molecule has 0 radical (unpaired) electrons. The number of carbonyl (C=O) groups excluding carboxylic acids is 1. The Hall–Kier alpha value is -2.74. The summed E-state index contributed by atoms with van der Waals surface area (Å²) in [6.45, 7) is 1.10. The average molecular weight is 376 g/mol. The zero-order valence-corrected chi connectivity index (χ0v) is 14.4. The van der Waals surface area contributed by atoms with Crippen LogP contribution < -0.4 is 0 Å². The first-order chi connectivity index (χ1) is 12.6. The predicted octanol–water partition coefficient (Wildman–Crippen LogP) is 3.27. The smallest absolute Gasteiger partial charge is 0.274 e. The molecule has 0 bridgehead atoms. The third kappa shape index (κ3) is 3.32. The van der Waals surface area contributed by atoms with Gasteiger partial charge in [-0.1, -0.05) is 16.8 Å². The molecular formula is C17H15ClFN5O2. The second-order valence-electron chi connectivity index (χ2n) is 6.15. The molecule has 1 aliphatic rings. The van der Waals surface area contributed by atoms with Crippen LogP contribution in [0.5, 0.6) is 0 Å². The number of hydrogen-bond donors (Lipinski definition) is 1. The van der Waals surface area contributed by atoms with Crippen LogP contribution in [0, 0.1) is 5.95 Å². The topological polar surface area (TPSA) is 87.9 Å². The fourth-order valence-corrected chi connectivity index (χ4v) is 3.22. The molecule has 3 aromatic heterocycles. The predicted molar refractivity (Wildman–Crippen MR) is 91.2 cm³/mol. The molecule has 9 heteroatoms. The highest BCUT2D eigenvalue weighted by Gasteiger charge is 2.29. The molecule has 0 saturated carbocycles. The van der Waals surface area contributed by atoms with Crippen LogP contribution >= 0.6 is 11.6 Å². The maximum Gasteiger partial charge on any atom is 0.274 e. The molecule has 1 aliphatic heterocycles. The monoisotopic (exact) mass is 375 g/mol. The zero-order valence-electron chi connectivity index (χ0n) is 13.7. The Morgan fingerprint density at radius 1 is 1.42 bits per heavy atom. The van der Waals surface area contributed by atoms with Gasteiger partial charge in [-0.05, 0) is 31.0 Å². The van der Waals surface area contributed by atoms with E-state index < -0.39 is 5.95 Å². The van der Waals surface area contributed by atoms with E-state index in [0.29, 0.717) is 41.1 Å². The molecule has 0 aliphatic carbocycles. The van der Waals surface area contributed by atoms with Crippen LogP contribution in [-0.2, 0) is 0 Å². The summed E-state index contributed by atoms with van der Waals surface area (Å²) in [4.78, 5) is 25.2. The first-order valence-corrected chi connectivity index (χ1v) is 8.56. The van der Waals surface area contributed by atoms with E-state index in [1.54, 1.807) is 17.2 Å². The molecule has 0 aromatic carbocycles. The molecule has 4 rings (SSSR count). The lowest BCUT2D eigenvalue weighted by atomic mass is 9.97. The molecular weight excluding hydrogens is 361 g/mol. The van der Waals surface area contributed by atoms with Crippen LogP contribution in [0.1, 0.15) is 34.9 Å². The van der Waals surface area contributed by atoms with Crippen molar-refractivity contribution < 1.29 is 13.7 Å². The standard InChI is InChI=1S/C17H15ClFN5O2/c18-12-6-13(20-8-12)16-22-15(23-26-16)11-2-1-5-24(9-11)17(25)10-3-4-14(19)21-7-10/h3-4,6-8,11,20H,1-2,5,9H2/t11-/m0/s1. The van der Waals surface area contributed by atoms with E-state index in [2.05, 4.69) is 20.1 Å². The largest absolute Gasteiger partial charge is 0.356 e. The van der Waals surface area contributed by atoms with E-state index in [4.69, 9.17) is 16.1 Å². The van der Waals surface area contributed by atoms with E-state index in [1.165, 1.54) is 18.3 Å². The molecule has 134 valence electrons. The highest BCUT2D eigenvalue weighted by atomic mass is 35.5. The van der Waals surface area contributed by atoms with Gasteiger partial charge in [0.15, 0.2) is 5.82 Å². The number of H-pyrrole nitrogens is 1. The lowest BCUT2D eigenvalue weighted by Gasteiger charge is -2.31. The van der Waals surface area contributed by atoms with Gasteiger partial charge in [0.1, 0.15) is 5.69 Å². The van der Waals surface area contributed by atoms with Crippen LogP contribution in [0.2, 0.25) is 5.02 Å². The molecule has 1 N–H and O–H groups in total. The van der Waals surface area contributed by atoms with Crippen LogP contribution in [0.25, 0.3) is 11.6 Å². The number of halogens is 2. The summed E-state index contributed by atoms with van der Waals surface area (Å²) in [5, 5.41) is 4.61. The normalized spacial score (nSPS) is 17.5. The Kier molecular flexibility index (Phi) is 4.42. The summed E-state index contributed by atoms with van der Waals surface area (Å²) in [6.07, 6.45) is 4.57. The third-order valence-corrected chi connectivity index (χ3v) is 4.59. The maximum absolute atomic E-state index is 12.9. The Morgan fingerprint density at radius 2 is 2.31 bits per heavy atom. The van der Waals surface area contributed by atoms with Gasteiger partial charge < -0.3 is 14.4 Å². The third-order valence-electron chi connectivity index (χ3n) is 4.37. The molecule has 0 unspecified atom stereocenters. The number of rotatable bonds is 3. The summed E-state index contributed by atoms with van der Waals surface area (Å²) in [5.41, 5.74) is 1.01. The molecule has 1 amide bonds. The molecule has 7 nitrogen and oxygen atoms in total. The van der Waals surface area contributed by atoms with Gasteiger partial charge in [0, 0.05) is 31.4 Å². The molecule has 3 aromatic rings. The first-order valence-electron chi connectivity index (χ1n) is 8.19. The lowest BCUT2D eigenvalue weighted by Crippen LogP contribution is -2.39. The van der Waals surface area contributed by atoms with Crippen molar-refractivity contribution in [1.29, 1.82) is 0 Å². The molecule has 26 heavy (non-hydrogen) atoms. The van der Waals surface area contributed by atoms with Crippen molar-refractivity contribution >= 4 is 17.5 Å². The molecule has 4 heterocycles. The number of aromatic nitrogens is 4. The second kappa shape index (κ2) is 6.87. The van der Waals surface area contributed by atoms with Gasteiger partial charge in [0.2, 0.25) is 5.95 Å². The van der Waals surface area contributed by atoms with Crippen molar-refractivity contribution in [2.45, 2.75) is 18.8 Å². The fraction of sp³-hybridized carbons (Fsp3) is 0.294. The van der Waals surface area contributed by atoms with E-state index >= 15 is 0 Å². The SMILES string of the molecule is O=C(c1ccc(F)nc1)N1CCC[C@H](c2noc(-c3cc(Cl)c[nH]3)n2)C1. The number of likely N-dealkylation sites (tertiary alicyclic amines) is 1. The van der Waals surface area contributed by atoms with Gasteiger partial charge in [0.05, 0.1) is 10.6 Å². The number of aromatic amines is 1. The first kappa shape index (κ1) is 16.7. The summed E-state index contributed by atoms with van der Waals surface area (Å²) in [5.74, 6) is 0.103. The average Bonchev–Trinajstić information content (AvgIpc) is 3.31. The minimum atomic E-state index is -0.609. The molecule has 1 atom stereocenters. The number of nitrogens with one attached hydrogen (secondary N) is 1. The Labute approximate surface area is 153 Å². The zero-order chi connectivity index (χ0) is 18.1. The highest BCUT2D eigenvalue weighted by Crippen LogP contribution is 2.28. The van der Waals surface area contributed by atoms with Crippen molar-refractivity contribution in [3.05, 3.63) is 53.0 Å². The summed E-state index contributed by atoms with van der Waals surface area (Å²) >= 11 is 5.89. The van der Waals surface area contributed by atoms with Crippen LogP contribution in [0.3, 0.4) is 0 Å². The van der Waals surface area contributed by atoms with Crippen molar-refractivity contribution in [3.8, 4) is 11.6 Å². The fourth-order valence-electron chi connectivity index (χ4n) is 3.06. The quantitative estimate of drug-likeness (QED) is 0.710. The molecule has 0 spiro atoms. The Morgan fingerprint density at radius 3 is 3.04 bits per heavy atom. The number of piperidine rings is 1. The minimum Gasteiger partial charge on any atom is -0.356 e. The van der Waals surface area contributed by atoms with Gasteiger partial charge >= 0.3 is 0 Å². The van der Waals surface area contributed by atoms with Gasteiger partial charge in [-0.2, -0.15) is 9.37 Å². The number of nitrogens with zero attached hydrogens (tertiary/aromatic N) is 4. The van der Waals surface area contributed by atoms with Crippen molar-refractivity contribution in [1.82, 2.24) is 25.0 Å². The minimum absolute atomic E-state index is 0.0240. The summed E-state index contributed by atoms with van der Waals surface area (Å²) in [7, 11) is 0. The van der Waals surface area contributed by atoms with E-state index in [-0.39, 0.29) is 11.8 Å². The number of pyridine rings is 1. The molecule has 1 fully saturated rings. The van der Waals surface area contributed by atoms with Gasteiger partial charge in [-0.3, -0.25) is 4.79 Å². The summed E-state index contributed by atoms with van der Waals surface area (Å²) < 4.78 is 18.3. The van der Waals surface area contributed by atoms with Gasteiger partial charge in [-0.15, -0.1) is 0 Å². The van der Waals surface area contributed by atoms with Gasteiger partial charge in [-0.25, -0.2) is 4.98 Å². The van der Waals surface area contributed by atoms with Gasteiger partial charge in [0.25, 0.3) is 11.8 Å². The Balaban J connectivity index is 1.49. The van der Waals surface area contributed by atoms with Crippen LogP contribution in [0.15, 0.2) is 35.1 Å². The van der Waals surface area contributed by atoms with Crippen LogP contribution in [0.4, 0.5) is 4.39 Å². The van der Waals surface area contributed by atoms with E-state index in [1.807, 2.05) is 0 Å². The second-order valence-corrected chi connectivity index (χ2v) is 6.59. The van der Waals surface area contributed by atoms with E-state index in [0.717, 1.165) is 12.8 Å². The number of amides is 1. The van der Waals surface area contributed by atoms with Crippen molar-refractivity contribution in [3.63, 3.8) is 0 Å².